The molecule has 0 saturated carbocycles. The highest BCUT2D eigenvalue weighted by molar-refractivity contribution is 6.98. The first kappa shape index (κ1) is 10.6. The molecule has 2 aliphatic heterocycles. The Bertz CT molecular complexity index is 3200. The van der Waals surface area contributed by atoms with Crippen LogP contribution < -0.4 is 25.9 Å². The van der Waals surface area contributed by atoms with Gasteiger partial charge < -0.3 is 14.0 Å². The molecule has 3 nitrogen and oxygen atoms in total. The molecule has 41 heavy (non-hydrogen) atoms. The van der Waals surface area contributed by atoms with Crippen molar-refractivity contribution in [1.29, 1.82) is 0 Å². The number of nitrogens with zero attached hydrogens (tertiary/aromatic N) is 1. The van der Waals surface area contributed by atoms with Crippen molar-refractivity contribution in [3.63, 3.8) is 0 Å². The van der Waals surface area contributed by atoms with Crippen molar-refractivity contribution in [2.75, 3.05) is 0 Å². The number of para-hydroxylation sites is 5. The van der Waals surface area contributed by atoms with Crippen LogP contribution in [0.1, 0.15) is 33.0 Å². The Balaban J connectivity index is 1.49. The molecule has 4 heteroatoms. The number of aromatic nitrogens is 1. The number of rotatable bonds is 2. The van der Waals surface area contributed by atoms with E-state index >= 15 is 0 Å². The number of fused-ring (bicyclic) bond motifs is 7. The van der Waals surface area contributed by atoms with E-state index in [1.165, 1.54) is 13.0 Å². The monoisotopic (exact) mass is 545 g/mol. The average molecular weight is 546 g/mol. The molecular weight excluding hydrogens is 501 g/mol. The minimum Gasteiger partial charge on any atom is -0.458 e. The number of benzene rings is 6. The van der Waals surface area contributed by atoms with E-state index in [4.69, 9.17) is 32.8 Å². The molecule has 3 heterocycles. The minimum atomic E-state index is -1.35. The summed E-state index contributed by atoms with van der Waals surface area (Å²) >= 11 is 0. The first-order valence-electron chi connectivity index (χ1n) is 22.4. The van der Waals surface area contributed by atoms with Gasteiger partial charge in [0.15, 0.2) is 0 Å². The zero-order chi connectivity index (χ0) is 44.5. The van der Waals surface area contributed by atoms with E-state index in [0.717, 1.165) is 4.57 Å². The molecule has 2 aliphatic rings. The molecule has 192 valence electrons. The Morgan fingerprint density at radius 2 is 1.32 bits per heavy atom. The molecule has 0 atom stereocenters. The zero-order valence-electron chi connectivity index (χ0n) is 40.9. The van der Waals surface area contributed by atoms with Crippen LogP contribution in [0.5, 0.6) is 23.0 Å². The lowest BCUT2D eigenvalue weighted by Gasteiger charge is -2.34. The fourth-order valence-corrected chi connectivity index (χ4v) is 5.51. The fourth-order valence-electron chi connectivity index (χ4n) is 5.51. The fraction of sp³-hybridized carbons (Fsp3) is 0.0270. The molecule has 6 aromatic carbocycles. The predicted octanol–water partition coefficient (Wildman–Crippen LogP) is 7.49. The summed E-state index contributed by atoms with van der Waals surface area (Å²) in [6, 6.07) is -12.7. The highest BCUT2D eigenvalue weighted by Gasteiger charge is 2.40. The lowest BCUT2D eigenvalue weighted by atomic mass is 9.34. The van der Waals surface area contributed by atoms with Gasteiger partial charge in [-0.2, -0.15) is 0 Å². The van der Waals surface area contributed by atoms with Crippen LogP contribution in [0.3, 0.4) is 0 Å². The highest BCUT2D eigenvalue weighted by Crippen LogP contribution is 2.41. The quantitative estimate of drug-likeness (QED) is 0.210. The van der Waals surface area contributed by atoms with Crippen LogP contribution in [0.15, 0.2) is 127 Å². The molecule has 0 fully saturated rings. The second-order valence-corrected chi connectivity index (χ2v) is 9.42. The van der Waals surface area contributed by atoms with Crippen molar-refractivity contribution in [1.82, 2.24) is 4.57 Å². The third-order valence-corrected chi connectivity index (χ3v) is 7.22. The third kappa shape index (κ3) is 3.16. The normalized spacial score (nSPS) is 19.7. The molecule has 0 spiro atoms. The summed E-state index contributed by atoms with van der Waals surface area (Å²) in [5, 5.41) is -0.757. The maximum absolute atomic E-state index is 9.69. The van der Waals surface area contributed by atoms with E-state index in [1.54, 1.807) is 0 Å². The largest absolute Gasteiger partial charge is 0.458 e. The second-order valence-electron chi connectivity index (χ2n) is 9.42. The smallest absolute Gasteiger partial charge is 0.260 e. The van der Waals surface area contributed by atoms with Crippen LogP contribution in [0.4, 0.5) is 0 Å². The maximum Gasteiger partial charge on any atom is 0.260 e. The summed E-state index contributed by atoms with van der Waals surface area (Å²) in [6.07, 6.45) is 0. The standard InChI is InChI=1S/C37H24BNO2/c1-23-11-10-16-29-37(23)41-35-22-24(21-34-36(35)38(29)28-15-5-9-20-33(28)40-34)25-12-2-6-17-30(25)39-31-18-7-3-13-26(31)27-14-4-8-19-32(27)39/h2-22H,1H3/i2D,3D,4D,5D,6D,7D,8D,9D,10D,11D,12D,13D,14D,15D,16D,17D,18D,19D,20D,21D. The van der Waals surface area contributed by atoms with E-state index in [0.29, 0.717) is 0 Å². The van der Waals surface area contributed by atoms with Gasteiger partial charge in [-0.1, -0.05) is 90.6 Å². The lowest BCUT2D eigenvalue weighted by molar-refractivity contribution is 0.463. The van der Waals surface area contributed by atoms with E-state index in [9.17, 15) is 4.11 Å². The van der Waals surface area contributed by atoms with Crippen molar-refractivity contribution in [3.05, 3.63) is 132 Å². The van der Waals surface area contributed by atoms with Gasteiger partial charge in [0, 0.05) is 21.8 Å². The summed E-state index contributed by atoms with van der Waals surface area (Å²) in [6.45, 7) is 0.101. The molecular formula is C37H24BNO2. The van der Waals surface area contributed by atoms with Gasteiger partial charge in [-0.25, -0.2) is 0 Å². The van der Waals surface area contributed by atoms with Gasteiger partial charge in [0.2, 0.25) is 0 Å². The number of hydrogen-bond donors (Lipinski definition) is 0. The topological polar surface area (TPSA) is 23.4 Å². The SMILES string of the molecule is [2H]c1c([2H])c([2H])c2c(c1[2H])Oc1c([2H])c(-c3c([2H])c([2H])c([2H])c([2H])c3-n3c4c([2H])c([2H])c([2H])c([2H])c4c4c([2H])c([2H])c([2H])c([2H])c43)cc3c1B2c1c([2H])c([2H])c([2H])c(C)c1O3. The van der Waals surface area contributed by atoms with Gasteiger partial charge in [0.25, 0.3) is 6.71 Å². The summed E-state index contributed by atoms with van der Waals surface area (Å²) in [5.41, 5.74) is -2.61. The Morgan fingerprint density at radius 1 is 0.634 bits per heavy atom. The Kier molecular flexibility index (Phi) is 2.18. The summed E-state index contributed by atoms with van der Waals surface area (Å²) in [4.78, 5) is 0. The molecule has 7 aromatic rings. The van der Waals surface area contributed by atoms with Crippen LogP contribution in [-0.2, 0) is 0 Å². The molecule has 1 aromatic heterocycles. The molecule has 0 bridgehead atoms. The Labute approximate surface area is 266 Å². The molecule has 0 radical (unpaired) electrons. The van der Waals surface area contributed by atoms with E-state index in [1.807, 2.05) is 0 Å². The van der Waals surface area contributed by atoms with Crippen molar-refractivity contribution < 1.29 is 36.9 Å². The summed E-state index contributed by atoms with van der Waals surface area (Å²) < 4.78 is 190. The Morgan fingerprint density at radius 3 is 2.15 bits per heavy atom. The van der Waals surface area contributed by atoms with E-state index in [-0.39, 0.29) is 55.8 Å². The van der Waals surface area contributed by atoms with Gasteiger partial charge in [0.05, 0.1) is 44.1 Å². The van der Waals surface area contributed by atoms with Gasteiger partial charge in [-0.3, -0.25) is 0 Å². The molecule has 0 saturated heterocycles. The number of ether oxygens (including phenoxy) is 2. The maximum atomic E-state index is 9.69. The molecule has 0 unspecified atom stereocenters. The predicted molar refractivity (Wildman–Crippen MR) is 169 cm³/mol. The summed E-state index contributed by atoms with van der Waals surface area (Å²) in [7, 11) is 0. The minimum absolute atomic E-state index is 0.0358. The number of hydrogen-bond acceptors (Lipinski definition) is 2. The van der Waals surface area contributed by atoms with Gasteiger partial charge in [-0.15, -0.1) is 0 Å². The molecule has 9 rings (SSSR count). The highest BCUT2D eigenvalue weighted by atomic mass is 16.5. The third-order valence-electron chi connectivity index (χ3n) is 7.22. The molecule has 0 amide bonds. The van der Waals surface area contributed by atoms with Gasteiger partial charge in [-0.05, 0) is 65.3 Å². The van der Waals surface area contributed by atoms with Crippen molar-refractivity contribution in [2.24, 2.45) is 0 Å². The van der Waals surface area contributed by atoms with Crippen LogP contribution in [0, 0.1) is 6.92 Å². The van der Waals surface area contributed by atoms with E-state index < -0.39 is 155 Å². The van der Waals surface area contributed by atoms with Crippen LogP contribution in [0.2, 0.25) is 0 Å². The van der Waals surface area contributed by atoms with Gasteiger partial charge in [0.1, 0.15) is 23.0 Å². The lowest BCUT2D eigenvalue weighted by Crippen LogP contribution is -2.57. The van der Waals surface area contributed by atoms with Crippen LogP contribution >= 0.6 is 0 Å². The molecule has 0 N–H and O–H groups in total. The first-order chi connectivity index (χ1) is 28.6. The molecule has 0 aliphatic carbocycles. The first-order valence-corrected chi connectivity index (χ1v) is 12.4. The van der Waals surface area contributed by atoms with Crippen LogP contribution in [-0.4, -0.2) is 11.3 Å². The second kappa shape index (κ2) is 8.39. The van der Waals surface area contributed by atoms with Crippen LogP contribution in [0.25, 0.3) is 38.6 Å². The average Bonchev–Trinajstić information content (AvgIpc) is 3.60. The zero-order valence-corrected chi connectivity index (χ0v) is 20.9. The van der Waals surface area contributed by atoms with Crippen molar-refractivity contribution >= 4 is 44.9 Å². The van der Waals surface area contributed by atoms with E-state index in [2.05, 4.69) is 0 Å². The summed E-state index contributed by atoms with van der Waals surface area (Å²) in [5.74, 6) is -1.19. The van der Waals surface area contributed by atoms with Crippen molar-refractivity contribution in [3.8, 4) is 39.8 Å². The van der Waals surface area contributed by atoms with Gasteiger partial charge >= 0.3 is 0 Å². The Hall–Kier alpha value is -5.22. The van der Waals surface area contributed by atoms with Crippen molar-refractivity contribution in [2.45, 2.75) is 6.92 Å².